The van der Waals surface area contributed by atoms with Crippen LogP contribution in [0.3, 0.4) is 0 Å². The number of primary amides is 1. The summed E-state index contributed by atoms with van der Waals surface area (Å²) in [6, 6.07) is 9.74. The van der Waals surface area contributed by atoms with Gasteiger partial charge in [-0.25, -0.2) is 4.98 Å². The number of rotatable bonds is 3. The van der Waals surface area contributed by atoms with Crippen LogP contribution >= 0.6 is 11.6 Å². The molecule has 1 aromatic carbocycles. The summed E-state index contributed by atoms with van der Waals surface area (Å²) in [6.45, 7) is 4.03. The maximum absolute atomic E-state index is 11.2. The van der Waals surface area contributed by atoms with Crippen LogP contribution in [0.4, 0.5) is 5.82 Å². The van der Waals surface area contributed by atoms with Crippen LogP contribution in [0.2, 0.25) is 5.02 Å². The predicted molar refractivity (Wildman–Crippen MR) is 89.8 cm³/mol. The SMILES string of the molecule is Cc1ccccc1C1CN(c2ncc(C(N)=O)cc2Cl)CCO1. The number of morpholine rings is 1. The highest BCUT2D eigenvalue weighted by molar-refractivity contribution is 6.33. The summed E-state index contributed by atoms with van der Waals surface area (Å²) in [4.78, 5) is 17.6. The zero-order chi connectivity index (χ0) is 16.4. The fourth-order valence-corrected chi connectivity index (χ4v) is 3.06. The van der Waals surface area contributed by atoms with Crippen LogP contribution in [0.1, 0.15) is 27.6 Å². The number of halogens is 1. The summed E-state index contributed by atoms with van der Waals surface area (Å²) in [5, 5.41) is 0.423. The molecule has 2 N–H and O–H groups in total. The Morgan fingerprint density at radius 3 is 2.91 bits per heavy atom. The maximum atomic E-state index is 11.2. The first-order chi connectivity index (χ1) is 11.1. The molecular formula is C17H18ClN3O2. The Morgan fingerprint density at radius 1 is 1.43 bits per heavy atom. The number of anilines is 1. The van der Waals surface area contributed by atoms with Gasteiger partial charge < -0.3 is 15.4 Å². The number of hydrogen-bond donors (Lipinski definition) is 1. The van der Waals surface area contributed by atoms with Crippen molar-refractivity contribution < 1.29 is 9.53 Å². The van der Waals surface area contributed by atoms with Gasteiger partial charge in [-0.05, 0) is 24.1 Å². The van der Waals surface area contributed by atoms with Crippen molar-refractivity contribution in [1.82, 2.24) is 4.98 Å². The zero-order valence-electron chi connectivity index (χ0n) is 12.8. The Bertz CT molecular complexity index is 736. The summed E-state index contributed by atoms with van der Waals surface area (Å²) in [7, 11) is 0. The molecule has 1 aromatic heterocycles. The van der Waals surface area contributed by atoms with Gasteiger partial charge in [0.25, 0.3) is 0 Å². The van der Waals surface area contributed by atoms with Crippen LogP contribution in [0.15, 0.2) is 36.5 Å². The highest BCUT2D eigenvalue weighted by Crippen LogP contribution is 2.30. The smallest absolute Gasteiger partial charge is 0.250 e. The topological polar surface area (TPSA) is 68.5 Å². The molecule has 5 nitrogen and oxygen atoms in total. The van der Waals surface area contributed by atoms with E-state index in [1.54, 1.807) is 6.07 Å². The van der Waals surface area contributed by atoms with E-state index in [0.29, 0.717) is 36.1 Å². The Hall–Kier alpha value is -2.11. The van der Waals surface area contributed by atoms with Crippen LogP contribution in [0, 0.1) is 6.92 Å². The Balaban J connectivity index is 1.84. The summed E-state index contributed by atoms with van der Waals surface area (Å²) < 4.78 is 5.91. The molecule has 1 aliphatic heterocycles. The van der Waals surface area contributed by atoms with Crippen LogP contribution in [-0.2, 0) is 4.74 Å². The number of benzene rings is 1. The minimum Gasteiger partial charge on any atom is -0.370 e. The molecule has 2 aromatic rings. The van der Waals surface area contributed by atoms with Crippen LogP contribution < -0.4 is 10.6 Å². The van der Waals surface area contributed by atoms with Gasteiger partial charge in [-0.1, -0.05) is 35.9 Å². The highest BCUT2D eigenvalue weighted by Gasteiger charge is 2.25. The van der Waals surface area contributed by atoms with Gasteiger partial charge in [-0.2, -0.15) is 0 Å². The predicted octanol–water partition coefficient (Wildman–Crippen LogP) is 2.72. The molecule has 23 heavy (non-hydrogen) atoms. The molecule has 1 fully saturated rings. The van der Waals surface area contributed by atoms with E-state index in [1.165, 1.54) is 17.3 Å². The van der Waals surface area contributed by atoms with Crippen molar-refractivity contribution in [2.24, 2.45) is 5.73 Å². The first-order valence-electron chi connectivity index (χ1n) is 7.43. The summed E-state index contributed by atoms with van der Waals surface area (Å²) in [6.07, 6.45) is 1.43. The number of carbonyl (C=O) groups is 1. The molecule has 1 unspecified atom stereocenters. The first-order valence-corrected chi connectivity index (χ1v) is 7.81. The van der Waals surface area contributed by atoms with Crippen LogP contribution in [0.25, 0.3) is 0 Å². The molecule has 0 aliphatic carbocycles. The van der Waals surface area contributed by atoms with Gasteiger partial charge in [0.05, 0.1) is 17.2 Å². The first kappa shape index (κ1) is 15.8. The average Bonchev–Trinajstić information content (AvgIpc) is 2.55. The van der Waals surface area contributed by atoms with Gasteiger partial charge in [0.15, 0.2) is 0 Å². The normalized spacial score (nSPS) is 18.0. The second-order valence-electron chi connectivity index (χ2n) is 5.56. The fraction of sp³-hybridized carbons (Fsp3) is 0.294. The van der Waals surface area contributed by atoms with E-state index >= 15 is 0 Å². The summed E-state index contributed by atoms with van der Waals surface area (Å²) in [5.41, 5.74) is 7.93. The number of aryl methyl sites for hydroxylation is 1. The van der Waals surface area contributed by atoms with Crippen LogP contribution in [0.5, 0.6) is 0 Å². The molecule has 6 heteroatoms. The molecule has 120 valence electrons. The highest BCUT2D eigenvalue weighted by atomic mass is 35.5. The minimum absolute atomic E-state index is 0.0290. The van der Waals surface area contributed by atoms with Crippen molar-refractivity contribution in [3.8, 4) is 0 Å². The molecular weight excluding hydrogens is 314 g/mol. The molecule has 0 bridgehead atoms. The number of pyridine rings is 1. The van der Waals surface area contributed by atoms with Crippen molar-refractivity contribution in [3.05, 3.63) is 58.2 Å². The number of nitrogens with two attached hydrogens (primary N) is 1. The maximum Gasteiger partial charge on any atom is 0.250 e. The summed E-state index contributed by atoms with van der Waals surface area (Å²) in [5.74, 6) is 0.115. The van der Waals surface area contributed by atoms with Gasteiger partial charge in [0.2, 0.25) is 5.91 Å². The zero-order valence-corrected chi connectivity index (χ0v) is 13.6. The molecule has 3 rings (SSSR count). The van der Waals surface area contributed by atoms with Crippen molar-refractivity contribution >= 4 is 23.3 Å². The third-order valence-electron chi connectivity index (χ3n) is 4.01. The van der Waals surface area contributed by atoms with Gasteiger partial charge in [-0.3, -0.25) is 4.79 Å². The lowest BCUT2D eigenvalue weighted by Crippen LogP contribution is -2.39. The Morgan fingerprint density at radius 2 is 2.22 bits per heavy atom. The van der Waals surface area contributed by atoms with Crippen molar-refractivity contribution in [1.29, 1.82) is 0 Å². The summed E-state index contributed by atoms with van der Waals surface area (Å²) >= 11 is 6.28. The lowest BCUT2D eigenvalue weighted by Gasteiger charge is -2.35. The number of ether oxygens (including phenoxy) is 1. The third kappa shape index (κ3) is 3.30. The molecule has 2 heterocycles. The number of amides is 1. The molecule has 1 saturated heterocycles. The fourth-order valence-electron chi connectivity index (χ4n) is 2.78. The number of aromatic nitrogens is 1. The molecule has 1 atom stereocenters. The molecule has 1 aliphatic rings. The number of nitrogens with zero attached hydrogens (tertiary/aromatic N) is 2. The molecule has 1 amide bonds. The largest absolute Gasteiger partial charge is 0.370 e. The lowest BCUT2D eigenvalue weighted by atomic mass is 10.0. The van der Waals surface area contributed by atoms with Gasteiger partial charge >= 0.3 is 0 Å². The van der Waals surface area contributed by atoms with E-state index in [1.807, 2.05) is 12.1 Å². The van der Waals surface area contributed by atoms with E-state index in [-0.39, 0.29) is 6.10 Å². The Labute approximate surface area is 140 Å². The van der Waals surface area contributed by atoms with E-state index in [2.05, 4.69) is 28.9 Å². The van der Waals surface area contributed by atoms with Gasteiger partial charge in [0.1, 0.15) is 11.9 Å². The average molecular weight is 332 g/mol. The molecule has 0 radical (unpaired) electrons. The lowest BCUT2D eigenvalue weighted by molar-refractivity contribution is 0.0391. The van der Waals surface area contributed by atoms with Gasteiger partial charge in [-0.15, -0.1) is 0 Å². The van der Waals surface area contributed by atoms with E-state index in [4.69, 9.17) is 22.1 Å². The monoisotopic (exact) mass is 331 g/mol. The second kappa shape index (κ2) is 6.56. The second-order valence-corrected chi connectivity index (χ2v) is 5.96. The van der Waals surface area contributed by atoms with Crippen LogP contribution in [-0.4, -0.2) is 30.6 Å². The minimum atomic E-state index is -0.536. The van der Waals surface area contributed by atoms with Crippen molar-refractivity contribution in [3.63, 3.8) is 0 Å². The van der Waals surface area contributed by atoms with E-state index in [9.17, 15) is 4.79 Å². The van der Waals surface area contributed by atoms with E-state index in [0.717, 1.165) is 0 Å². The van der Waals surface area contributed by atoms with E-state index < -0.39 is 5.91 Å². The number of carbonyl (C=O) groups excluding carboxylic acids is 1. The molecule has 0 saturated carbocycles. The Kier molecular flexibility index (Phi) is 4.50. The van der Waals surface area contributed by atoms with Crippen molar-refractivity contribution in [2.45, 2.75) is 13.0 Å². The quantitative estimate of drug-likeness (QED) is 0.939. The third-order valence-corrected chi connectivity index (χ3v) is 4.29. The molecule has 0 spiro atoms. The van der Waals surface area contributed by atoms with Gasteiger partial charge in [0, 0.05) is 19.3 Å². The standard InChI is InChI=1S/C17H18ClN3O2/c1-11-4-2-3-5-13(11)15-10-21(6-7-23-15)17-14(18)8-12(9-20-17)16(19)22/h2-5,8-9,15H,6-7,10H2,1H3,(H2,19,22). The number of hydrogen-bond acceptors (Lipinski definition) is 4. The van der Waals surface area contributed by atoms with Crippen molar-refractivity contribution in [2.75, 3.05) is 24.6 Å².